The van der Waals surface area contributed by atoms with Gasteiger partial charge in [-0.3, -0.25) is 10.1 Å². The van der Waals surface area contributed by atoms with Crippen molar-refractivity contribution >= 4 is 11.8 Å². The number of aliphatic hydroxyl groups is 1. The number of rotatable bonds is 3. The normalized spacial score (nSPS) is 22.6. The lowest BCUT2D eigenvalue weighted by molar-refractivity contribution is -0.384. The van der Waals surface area contributed by atoms with Crippen LogP contribution < -0.4 is 0 Å². The molecule has 1 aliphatic heterocycles. The van der Waals surface area contributed by atoms with Gasteiger partial charge in [0.25, 0.3) is 5.69 Å². The van der Waals surface area contributed by atoms with Crippen LogP contribution in [0.5, 0.6) is 0 Å². The van der Waals surface area contributed by atoms with Crippen LogP contribution in [0.4, 0.5) is 10.5 Å². The van der Waals surface area contributed by atoms with E-state index in [-0.39, 0.29) is 11.7 Å². The monoisotopic (exact) mass is 280 g/mol. The maximum absolute atomic E-state index is 11.2. The highest BCUT2D eigenvalue weighted by molar-refractivity contribution is 5.65. The van der Waals surface area contributed by atoms with Crippen molar-refractivity contribution in [2.24, 2.45) is 0 Å². The number of hydrogen-bond acceptors (Lipinski definition) is 4. The quantitative estimate of drug-likeness (QED) is 0.647. The highest BCUT2D eigenvalue weighted by Gasteiger charge is 2.30. The second-order valence-corrected chi connectivity index (χ2v) is 4.94. The molecule has 0 bridgehead atoms. The van der Waals surface area contributed by atoms with Crippen LogP contribution in [0.3, 0.4) is 0 Å². The van der Waals surface area contributed by atoms with Crippen LogP contribution in [0.2, 0.25) is 0 Å². The van der Waals surface area contributed by atoms with E-state index in [0.717, 1.165) is 5.56 Å². The molecule has 1 amide bonds. The smallest absolute Gasteiger partial charge is 0.407 e. The van der Waals surface area contributed by atoms with E-state index in [2.05, 4.69) is 0 Å². The van der Waals surface area contributed by atoms with Crippen molar-refractivity contribution in [2.75, 3.05) is 6.54 Å². The molecule has 7 heteroatoms. The summed E-state index contributed by atoms with van der Waals surface area (Å²) in [5.41, 5.74) is 0.827. The Morgan fingerprint density at radius 2 is 2.05 bits per heavy atom. The van der Waals surface area contributed by atoms with Gasteiger partial charge in [0, 0.05) is 24.7 Å². The van der Waals surface area contributed by atoms with Gasteiger partial charge in [0.15, 0.2) is 0 Å². The van der Waals surface area contributed by atoms with E-state index < -0.39 is 17.1 Å². The number of piperidine rings is 1. The number of nitro groups is 1. The molecule has 0 aromatic heterocycles. The van der Waals surface area contributed by atoms with Crippen LogP contribution in [0.15, 0.2) is 24.3 Å². The summed E-state index contributed by atoms with van der Waals surface area (Å²) in [5, 5.41) is 29.4. The molecule has 2 atom stereocenters. The van der Waals surface area contributed by atoms with E-state index in [9.17, 15) is 20.0 Å². The summed E-state index contributed by atoms with van der Waals surface area (Å²) < 4.78 is 0. The third-order valence-corrected chi connectivity index (χ3v) is 3.55. The second-order valence-electron chi connectivity index (χ2n) is 4.94. The number of benzene rings is 1. The number of aliphatic hydroxyl groups excluding tert-OH is 1. The maximum Gasteiger partial charge on any atom is 0.407 e. The highest BCUT2D eigenvalue weighted by atomic mass is 16.6. The van der Waals surface area contributed by atoms with Gasteiger partial charge in [0.2, 0.25) is 0 Å². The number of likely N-dealkylation sites (tertiary alicyclic amines) is 1. The average Bonchev–Trinajstić information content (AvgIpc) is 2.39. The molecular formula is C13H16N2O5. The Morgan fingerprint density at radius 1 is 1.40 bits per heavy atom. The Labute approximate surface area is 115 Å². The molecule has 20 heavy (non-hydrogen) atoms. The van der Waals surface area contributed by atoms with Gasteiger partial charge in [-0.1, -0.05) is 12.1 Å². The minimum absolute atomic E-state index is 0.00696. The van der Waals surface area contributed by atoms with Gasteiger partial charge < -0.3 is 15.1 Å². The van der Waals surface area contributed by atoms with Crippen LogP contribution >= 0.6 is 0 Å². The van der Waals surface area contributed by atoms with Crippen molar-refractivity contribution in [3.8, 4) is 0 Å². The van der Waals surface area contributed by atoms with E-state index in [0.29, 0.717) is 25.8 Å². The van der Waals surface area contributed by atoms with Gasteiger partial charge in [-0.2, -0.15) is 0 Å². The predicted molar refractivity (Wildman–Crippen MR) is 70.6 cm³/mol. The zero-order valence-corrected chi connectivity index (χ0v) is 10.8. The summed E-state index contributed by atoms with van der Waals surface area (Å²) in [6, 6.07) is 5.76. The molecule has 2 rings (SSSR count). The Morgan fingerprint density at radius 3 is 2.60 bits per heavy atom. The first kappa shape index (κ1) is 14.3. The number of amides is 1. The topological polar surface area (TPSA) is 104 Å². The Hall–Kier alpha value is -2.15. The van der Waals surface area contributed by atoms with Crippen LogP contribution in [0.1, 0.15) is 18.4 Å². The molecule has 2 N–H and O–H groups in total. The number of carboxylic acid groups (broad SMARTS) is 1. The standard InChI is InChI=1S/C13H16N2O5/c16-12-5-6-14(13(17)18)11(8-12)7-9-1-3-10(4-2-9)15(19)20/h1-4,11-12,16H,5-8H2,(H,17,18). The SMILES string of the molecule is O=C(O)N1CCC(O)CC1Cc1ccc([N+](=O)[O-])cc1. The minimum Gasteiger partial charge on any atom is -0.465 e. The van der Waals surface area contributed by atoms with E-state index in [4.69, 9.17) is 5.11 Å². The fourth-order valence-corrected chi connectivity index (χ4v) is 2.50. The van der Waals surface area contributed by atoms with E-state index in [1.165, 1.54) is 17.0 Å². The first-order valence-electron chi connectivity index (χ1n) is 6.38. The summed E-state index contributed by atoms with van der Waals surface area (Å²) in [4.78, 5) is 22.6. The molecule has 1 aromatic rings. The van der Waals surface area contributed by atoms with Gasteiger partial charge in [-0.15, -0.1) is 0 Å². The highest BCUT2D eigenvalue weighted by Crippen LogP contribution is 2.22. The van der Waals surface area contributed by atoms with E-state index >= 15 is 0 Å². The summed E-state index contributed by atoms with van der Waals surface area (Å²) in [6.07, 6.45) is -0.203. The van der Waals surface area contributed by atoms with Gasteiger partial charge in [0.05, 0.1) is 11.0 Å². The lowest BCUT2D eigenvalue weighted by Crippen LogP contribution is -2.48. The zero-order valence-electron chi connectivity index (χ0n) is 10.8. The van der Waals surface area contributed by atoms with E-state index in [1.807, 2.05) is 0 Å². The van der Waals surface area contributed by atoms with Crippen molar-refractivity contribution in [1.82, 2.24) is 4.90 Å². The summed E-state index contributed by atoms with van der Waals surface area (Å²) >= 11 is 0. The second kappa shape index (κ2) is 5.87. The fourth-order valence-electron chi connectivity index (χ4n) is 2.50. The first-order valence-corrected chi connectivity index (χ1v) is 6.38. The molecule has 0 aliphatic carbocycles. The Bertz CT molecular complexity index is 502. The van der Waals surface area contributed by atoms with Crippen molar-refractivity contribution < 1.29 is 19.9 Å². The lowest BCUT2D eigenvalue weighted by Gasteiger charge is -2.36. The van der Waals surface area contributed by atoms with Gasteiger partial charge in [0.1, 0.15) is 0 Å². The van der Waals surface area contributed by atoms with Crippen molar-refractivity contribution in [3.05, 3.63) is 39.9 Å². The van der Waals surface area contributed by atoms with Gasteiger partial charge in [-0.05, 0) is 24.8 Å². The van der Waals surface area contributed by atoms with Crippen LogP contribution in [0.25, 0.3) is 0 Å². The van der Waals surface area contributed by atoms with Gasteiger partial charge >= 0.3 is 6.09 Å². The molecule has 0 spiro atoms. The molecule has 1 saturated heterocycles. The largest absolute Gasteiger partial charge is 0.465 e. The number of hydrogen-bond donors (Lipinski definition) is 2. The summed E-state index contributed by atoms with van der Waals surface area (Å²) in [6.45, 7) is 0.314. The maximum atomic E-state index is 11.2. The molecule has 1 aliphatic rings. The van der Waals surface area contributed by atoms with Crippen LogP contribution in [-0.2, 0) is 6.42 Å². The fraction of sp³-hybridized carbons (Fsp3) is 0.462. The molecule has 1 heterocycles. The van der Waals surface area contributed by atoms with Crippen molar-refractivity contribution in [1.29, 1.82) is 0 Å². The Kier molecular flexibility index (Phi) is 4.19. The van der Waals surface area contributed by atoms with Gasteiger partial charge in [-0.25, -0.2) is 4.79 Å². The predicted octanol–water partition coefficient (Wildman–Crippen LogP) is 1.64. The third kappa shape index (κ3) is 3.24. The molecular weight excluding hydrogens is 264 g/mol. The lowest BCUT2D eigenvalue weighted by atomic mass is 9.94. The molecule has 2 unspecified atom stereocenters. The summed E-state index contributed by atoms with van der Waals surface area (Å²) in [5.74, 6) is 0. The molecule has 0 saturated carbocycles. The first-order chi connectivity index (χ1) is 9.47. The number of non-ortho nitro benzene ring substituents is 1. The number of nitro benzene ring substituents is 1. The summed E-state index contributed by atoms with van der Waals surface area (Å²) in [7, 11) is 0. The Balaban J connectivity index is 2.09. The number of nitrogens with zero attached hydrogens (tertiary/aromatic N) is 2. The minimum atomic E-state index is -0.996. The zero-order chi connectivity index (χ0) is 14.7. The van der Waals surface area contributed by atoms with Crippen molar-refractivity contribution in [3.63, 3.8) is 0 Å². The van der Waals surface area contributed by atoms with Crippen LogP contribution in [-0.4, -0.2) is 44.8 Å². The molecule has 7 nitrogen and oxygen atoms in total. The molecule has 1 fully saturated rings. The average molecular weight is 280 g/mol. The molecule has 108 valence electrons. The van der Waals surface area contributed by atoms with Crippen molar-refractivity contribution in [2.45, 2.75) is 31.4 Å². The van der Waals surface area contributed by atoms with E-state index in [1.54, 1.807) is 12.1 Å². The molecule has 1 aromatic carbocycles. The third-order valence-electron chi connectivity index (χ3n) is 3.55. The van der Waals surface area contributed by atoms with Crippen LogP contribution in [0, 0.1) is 10.1 Å². The molecule has 0 radical (unpaired) electrons. The number of carbonyl (C=O) groups is 1.